The van der Waals surface area contributed by atoms with Crippen molar-refractivity contribution in [3.8, 4) is 0 Å². The molecule has 0 radical (unpaired) electrons. The number of carbonyl (C=O) groups is 2. The van der Waals surface area contributed by atoms with Gasteiger partial charge < -0.3 is 15.1 Å². The van der Waals surface area contributed by atoms with Gasteiger partial charge in [0.2, 0.25) is 11.8 Å². The summed E-state index contributed by atoms with van der Waals surface area (Å²) in [6.07, 6.45) is 2.33. The summed E-state index contributed by atoms with van der Waals surface area (Å²) >= 11 is 0. The van der Waals surface area contributed by atoms with Crippen LogP contribution in [-0.2, 0) is 9.59 Å². The van der Waals surface area contributed by atoms with Crippen molar-refractivity contribution < 1.29 is 9.59 Å². The van der Waals surface area contributed by atoms with Crippen molar-refractivity contribution in [2.24, 2.45) is 5.92 Å². The molecule has 0 bridgehead atoms. The van der Waals surface area contributed by atoms with Crippen molar-refractivity contribution in [1.29, 1.82) is 0 Å². The molecule has 18 heavy (non-hydrogen) atoms. The standard InChI is InChI=1S/C13H23N3O2/c1-9-13(18)16(10(2)12(17)14-9)8-11-5-4-6-15(3)7-11/h9-11H,4-8H2,1-3H3,(H,14,17). The van der Waals surface area contributed by atoms with E-state index in [9.17, 15) is 9.59 Å². The number of carbonyl (C=O) groups excluding carboxylic acids is 2. The molecule has 2 heterocycles. The smallest absolute Gasteiger partial charge is 0.245 e. The Kier molecular flexibility index (Phi) is 3.90. The van der Waals surface area contributed by atoms with Gasteiger partial charge in [-0.1, -0.05) is 0 Å². The van der Waals surface area contributed by atoms with Gasteiger partial charge in [-0.05, 0) is 46.2 Å². The van der Waals surface area contributed by atoms with Crippen molar-refractivity contribution in [3.63, 3.8) is 0 Å². The van der Waals surface area contributed by atoms with Crippen LogP contribution in [0.25, 0.3) is 0 Å². The monoisotopic (exact) mass is 253 g/mol. The lowest BCUT2D eigenvalue weighted by Gasteiger charge is -2.40. The van der Waals surface area contributed by atoms with Crippen molar-refractivity contribution in [3.05, 3.63) is 0 Å². The third-order valence-electron chi connectivity index (χ3n) is 4.04. The van der Waals surface area contributed by atoms with Gasteiger partial charge >= 0.3 is 0 Å². The number of likely N-dealkylation sites (tertiary alicyclic amines) is 1. The number of piperidine rings is 1. The number of amides is 2. The molecule has 0 aromatic carbocycles. The SMILES string of the molecule is CC1NC(=O)C(C)N(CC2CCCN(C)C2)C1=O. The van der Waals surface area contributed by atoms with Gasteiger partial charge in [0.15, 0.2) is 0 Å². The average molecular weight is 253 g/mol. The maximum atomic E-state index is 12.1. The van der Waals surface area contributed by atoms with Gasteiger partial charge in [-0.15, -0.1) is 0 Å². The molecule has 5 heteroatoms. The summed E-state index contributed by atoms with van der Waals surface area (Å²) in [5.74, 6) is 0.509. The zero-order valence-corrected chi connectivity index (χ0v) is 11.5. The van der Waals surface area contributed by atoms with Gasteiger partial charge in [-0.25, -0.2) is 0 Å². The van der Waals surface area contributed by atoms with Crippen LogP contribution in [0.4, 0.5) is 0 Å². The minimum atomic E-state index is -0.380. The fourth-order valence-electron chi connectivity index (χ4n) is 2.93. The molecule has 2 rings (SSSR count). The minimum Gasteiger partial charge on any atom is -0.343 e. The van der Waals surface area contributed by atoms with Gasteiger partial charge in [0.1, 0.15) is 12.1 Å². The molecule has 2 aliphatic heterocycles. The lowest BCUT2D eigenvalue weighted by Crippen LogP contribution is -2.62. The van der Waals surface area contributed by atoms with E-state index in [-0.39, 0.29) is 23.9 Å². The van der Waals surface area contributed by atoms with Crippen molar-refractivity contribution in [2.45, 2.75) is 38.8 Å². The first-order chi connectivity index (χ1) is 8.49. The number of nitrogens with one attached hydrogen (secondary N) is 1. The fraction of sp³-hybridized carbons (Fsp3) is 0.846. The molecule has 0 saturated carbocycles. The van der Waals surface area contributed by atoms with Crippen molar-refractivity contribution >= 4 is 11.8 Å². The highest BCUT2D eigenvalue weighted by Gasteiger charge is 2.37. The Morgan fingerprint density at radius 1 is 1.33 bits per heavy atom. The number of hydrogen-bond donors (Lipinski definition) is 1. The highest BCUT2D eigenvalue weighted by molar-refractivity contribution is 5.96. The number of hydrogen-bond acceptors (Lipinski definition) is 3. The maximum Gasteiger partial charge on any atom is 0.245 e. The van der Waals surface area contributed by atoms with E-state index >= 15 is 0 Å². The Labute approximate surface area is 108 Å². The number of piperazine rings is 1. The third-order valence-corrected chi connectivity index (χ3v) is 4.04. The molecule has 2 aliphatic rings. The van der Waals surface area contributed by atoms with E-state index in [2.05, 4.69) is 17.3 Å². The highest BCUT2D eigenvalue weighted by atomic mass is 16.2. The zero-order valence-electron chi connectivity index (χ0n) is 11.5. The van der Waals surface area contributed by atoms with Crippen LogP contribution in [0.5, 0.6) is 0 Å². The zero-order chi connectivity index (χ0) is 13.3. The van der Waals surface area contributed by atoms with E-state index in [1.165, 1.54) is 6.42 Å². The minimum absolute atomic E-state index is 0.0359. The number of rotatable bonds is 2. The van der Waals surface area contributed by atoms with Crippen LogP contribution < -0.4 is 5.32 Å². The van der Waals surface area contributed by atoms with Crippen molar-refractivity contribution in [2.75, 3.05) is 26.7 Å². The van der Waals surface area contributed by atoms with E-state index in [1.54, 1.807) is 11.8 Å². The van der Waals surface area contributed by atoms with Crippen LogP contribution in [0.15, 0.2) is 0 Å². The normalized spacial score (nSPS) is 34.6. The summed E-state index contributed by atoms with van der Waals surface area (Å²) < 4.78 is 0. The van der Waals surface area contributed by atoms with Gasteiger partial charge in [0.05, 0.1) is 0 Å². The second kappa shape index (κ2) is 5.26. The van der Waals surface area contributed by atoms with Crippen LogP contribution in [0.3, 0.4) is 0 Å². The second-order valence-corrected chi connectivity index (χ2v) is 5.67. The van der Waals surface area contributed by atoms with E-state index < -0.39 is 0 Å². The predicted octanol–water partition coefficient (Wildman–Crippen LogP) is 0.0636. The molecule has 0 aliphatic carbocycles. The fourth-order valence-corrected chi connectivity index (χ4v) is 2.93. The second-order valence-electron chi connectivity index (χ2n) is 5.67. The molecule has 0 aromatic heterocycles. The first-order valence-electron chi connectivity index (χ1n) is 6.78. The summed E-state index contributed by atoms with van der Waals surface area (Å²) in [5.41, 5.74) is 0. The summed E-state index contributed by atoms with van der Waals surface area (Å²) in [4.78, 5) is 27.9. The van der Waals surface area contributed by atoms with E-state index in [1.807, 2.05) is 6.92 Å². The molecular weight excluding hydrogens is 230 g/mol. The Morgan fingerprint density at radius 3 is 2.72 bits per heavy atom. The molecule has 2 fully saturated rings. The van der Waals surface area contributed by atoms with Gasteiger partial charge in [0.25, 0.3) is 0 Å². The lowest BCUT2D eigenvalue weighted by molar-refractivity contribution is -0.149. The number of nitrogens with zero attached hydrogens (tertiary/aromatic N) is 2. The first kappa shape index (κ1) is 13.3. The van der Waals surface area contributed by atoms with Crippen LogP contribution >= 0.6 is 0 Å². The molecule has 0 spiro atoms. The molecule has 102 valence electrons. The highest BCUT2D eigenvalue weighted by Crippen LogP contribution is 2.19. The summed E-state index contributed by atoms with van der Waals surface area (Å²) in [6.45, 7) is 6.43. The van der Waals surface area contributed by atoms with Gasteiger partial charge in [0, 0.05) is 13.1 Å². The van der Waals surface area contributed by atoms with Crippen molar-refractivity contribution in [1.82, 2.24) is 15.1 Å². The Hall–Kier alpha value is -1.10. The molecular formula is C13H23N3O2. The summed E-state index contributed by atoms with van der Waals surface area (Å²) in [6, 6.07) is -0.712. The van der Waals surface area contributed by atoms with E-state index in [0.29, 0.717) is 12.5 Å². The van der Waals surface area contributed by atoms with Gasteiger partial charge in [-0.2, -0.15) is 0 Å². The van der Waals surface area contributed by atoms with Gasteiger partial charge in [-0.3, -0.25) is 9.59 Å². The van der Waals surface area contributed by atoms with Crippen LogP contribution in [0.1, 0.15) is 26.7 Å². The van der Waals surface area contributed by atoms with E-state index in [0.717, 1.165) is 19.5 Å². The largest absolute Gasteiger partial charge is 0.343 e. The maximum absolute atomic E-state index is 12.1. The molecule has 3 unspecified atom stereocenters. The molecule has 2 saturated heterocycles. The lowest BCUT2D eigenvalue weighted by atomic mass is 9.96. The Balaban J connectivity index is 2.01. The topological polar surface area (TPSA) is 52.7 Å². The molecule has 1 N–H and O–H groups in total. The van der Waals surface area contributed by atoms with Crippen LogP contribution in [0, 0.1) is 5.92 Å². The molecule has 0 aromatic rings. The summed E-state index contributed by atoms with van der Waals surface area (Å²) in [7, 11) is 2.11. The van der Waals surface area contributed by atoms with Crippen LogP contribution in [0.2, 0.25) is 0 Å². The third kappa shape index (κ3) is 2.66. The summed E-state index contributed by atoms with van der Waals surface area (Å²) in [5, 5.41) is 2.71. The van der Waals surface area contributed by atoms with E-state index in [4.69, 9.17) is 0 Å². The first-order valence-corrected chi connectivity index (χ1v) is 6.78. The molecule has 3 atom stereocenters. The Bertz CT molecular complexity index is 345. The average Bonchev–Trinajstić information content (AvgIpc) is 2.32. The predicted molar refractivity (Wildman–Crippen MR) is 69.0 cm³/mol. The van der Waals surface area contributed by atoms with Crippen LogP contribution in [-0.4, -0.2) is 60.4 Å². The molecule has 5 nitrogen and oxygen atoms in total. The Morgan fingerprint density at radius 2 is 2.06 bits per heavy atom. The molecule has 2 amide bonds. The quantitative estimate of drug-likeness (QED) is 0.757.